The van der Waals surface area contributed by atoms with Gasteiger partial charge >= 0.3 is 0 Å². The van der Waals surface area contributed by atoms with Gasteiger partial charge in [0.05, 0.1) is 17.5 Å². The van der Waals surface area contributed by atoms with E-state index < -0.39 is 10.0 Å². The molecule has 0 unspecified atom stereocenters. The monoisotopic (exact) mass is 418 g/mol. The van der Waals surface area contributed by atoms with Crippen LogP contribution < -0.4 is 5.32 Å². The molecule has 2 aromatic rings. The van der Waals surface area contributed by atoms with Gasteiger partial charge in [-0.15, -0.1) is 0 Å². The predicted molar refractivity (Wildman–Crippen MR) is 114 cm³/mol. The first kappa shape index (κ1) is 23.1. The Morgan fingerprint density at radius 3 is 2.34 bits per heavy atom. The number of ether oxygens (including phenoxy) is 1. The van der Waals surface area contributed by atoms with Crippen LogP contribution in [0, 0.1) is 6.92 Å². The van der Waals surface area contributed by atoms with Crippen LogP contribution >= 0.6 is 0 Å². The molecule has 0 saturated heterocycles. The Labute approximate surface area is 173 Å². The van der Waals surface area contributed by atoms with E-state index in [4.69, 9.17) is 4.74 Å². The third kappa shape index (κ3) is 7.61. The van der Waals surface area contributed by atoms with Gasteiger partial charge in [0.15, 0.2) is 0 Å². The van der Waals surface area contributed by atoms with Gasteiger partial charge in [-0.1, -0.05) is 48.0 Å². The number of carbonyl (C=O) groups is 1. The molecule has 0 aliphatic carbocycles. The number of sulfonamides is 1. The highest BCUT2D eigenvalue weighted by Crippen LogP contribution is 2.19. The molecule has 0 aromatic heterocycles. The van der Waals surface area contributed by atoms with Crippen LogP contribution in [0.2, 0.25) is 0 Å². The fourth-order valence-corrected chi connectivity index (χ4v) is 4.09. The SMILES string of the molecule is Cc1ccc(S(=O)(=O)N(CC(=O)NCCCOC(C)C)Cc2ccccc2)cc1. The summed E-state index contributed by atoms with van der Waals surface area (Å²) in [4.78, 5) is 12.6. The molecular weight excluding hydrogens is 388 g/mol. The molecule has 0 heterocycles. The first-order chi connectivity index (χ1) is 13.8. The summed E-state index contributed by atoms with van der Waals surface area (Å²) in [6.07, 6.45) is 0.819. The van der Waals surface area contributed by atoms with E-state index in [9.17, 15) is 13.2 Å². The summed E-state index contributed by atoms with van der Waals surface area (Å²) in [6, 6.07) is 15.9. The molecule has 0 aliphatic heterocycles. The Morgan fingerprint density at radius 1 is 1.07 bits per heavy atom. The molecule has 1 amide bonds. The average molecular weight is 419 g/mol. The average Bonchev–Trinajstić information content (AvgIpc) is 2.68. The molecule has 0 fully saturated rings. The van der Waals surface area contributed by atoms with Gasteiger partial charge < -0.3 is 10.1 Å². The van der Waals surface area contributed by atoms with E-state index in [1.54, 1.807) is 24.3 Å². The minimum Gasteiger partial charge on any atom is -0.379 e. The van der Waals surface area contributed by atoms with Gasteiger partial charge in [-0.05, 0) is 44.9 Å². The van der Waals surface area contributed by atoms with Crippen LogP contribution in [0.25, 0.3) is 0 Å². The van der Waals surface area contributed by atoms with Crippen LogP contribution in [0.3, 0.4) is 0 Å². The topological polar surface area (TPSA) is 75.7 Å². The summed E-state index contributed by atoms with van der Waals surface area (Å²) in [5.74, 6) is -0.332. The van der Waals surface area contributed by atoms with Crippen molar-refractivity contribution >= 4 is 15.9 Å². The van der Waals surface area contributed by atoms with Crippen molar-refractivity contribution in [2.24, 2.45) is 0 Å². The molecule has 0 radical (unpaired) electrons. The number of benzene rings is 2. The minimum absolute atomic E-state index is 0.126. The molecule has 2 aromatic carbocycles. The molecule has 6 nitrogen and oxygen atoms in total. The third-order valence-electron chi connectivity index (χ3n) is 4.27. The summed E-state index contributed by atoms with van der Waals surface area (Å²) in [6.45, 7) is 6.68. The van der Waals surface area contributed by atoms with Crippen LogP contribution in [-0.2, 0) is 26.1 Å². The van der Waals surface area contributed by atoms with Crippen molar-refractivity contribution in [1.29, 1.82) is 0 Å². The number of aryl methyl sites for hydroxylation is 1. The lowest BCUT2D eigenvalue weighted by atomic mass is 10.2. The van der Waals surface area contributed by atoms with Crippen molar-refractivity contribution in [3.05, 3.63) is 65.7 Å². The lowest BCUT2D eigenvalue weighted by Gasteiger charge is -2.22. The van der Waals surface area contributed by atoms with Crippen LogP contribution in [0.1, 0.15) is 31.4 Å². The fourth-order valence-electron chi connectivity index (χ4n) is 2.71. The second kappa shape index (κ2) is 11.1. The number of hydrogen-bond acceptors (Lipinski definition) is 4. The van der Waals surface area contributed by atoms with Crippen LogP contribution in [0.4, 0.5) is 0 Å². The van der Waals surface area contributed by atoms with E-state index in [1.807, 2.05) is 51.1 Å². The van der Waals surface area contributed by atoms with Crippen LogP contribution in [-0.4, -0.2) is 44.4 Å². The quantitative estimate of drug-likeness (QED) is 0.569. The number of hydrogen-bond donors (Lipinski definition) is 1. The molecule has 1 N–H and O–H groups in total. The van der Waals surface area contributed by atoms with Crippen molar-refractivity contribution in [1.82, 2.24) is 9.62 Å². The standard InChI is InChI=1S/C22H30N2O4S/c1-18(2)28-15-7-14-23-22(25)17-24(16-20-8-5-4-6-9-20)29(26,27)21-12-10-19(3)11-13-21/h4-6,8-13,18H,7,14-17H2,1-3H3,(H,23,25). The lowest BCUT2D eigenvalue weighted by molar-refractivity contribution is -0.121. The molecule has 158 valence electrons. The lowest BCUT2D eigenvalue weighted by Crippen LogP contribution is -2.40. The Balaban J connectivity index is 2.09. The highest BCUT2D eigenvalue weighted by Gasteiger charge is 2.26. The molecule has 7 heteroatoms. The molecule has 0 atom stereocenters. The van der Waals surface area contributed by atoms with E-state index in [0.717, 1.165) is 11.1 Å². The highest BCUT2D eigenvalue weighted by atomic mass is 32.2. The molecule has 29 heavy (non-hydrogen) atoms. The van der Waals surface area contributed by atoms with Crippen molar-refractivity contribution in [3.63, 3.8) is 0 Å². The van der Waals surface area contributed by atoms with Crippen molar-refractivity contribution < 1.29 is 17.9 Å². The summed E-state index contributed by atoms with van der Waals surface area (Å²) >= 11 is 0. The Kier molecular flexibility index (Phi) is 8.82. The third-order valence-corrected chi connectivity index (χ3v) is 6.08. The molecular formula is C22H30N2O4S. The first-order valence-electron chi connectivity index (χ1n) is 9.78. The predicted octanol–water partition coefficient (Wildman–Crippen LogP) is 3.12. The van der Waals surface area contributed by atoms with Gasteiger partial charge in [0.1, 0.15) is 0 Å². The fraction of sp³-hybridized carbons (Fsp3) is 0.409. The number of rotatable bonds is 11. The second-order valence-corrected chi connectivity index (χ2v) is 9.13. The smallest absolute Gasteiger partial charge is 0.243 e. The number of nitrogens with one attached hydrogen (secondary N) is 1. The van der Waals surface area contributed by atoms with Gasteiger partial charge in [0.25, 0.3) is 0 Å². The molecule has 2 rings (SSSR count). The minimum atomic E-state index is -3.81. The van der Waals surface area contributed by atoms with E-state index in [1.165, 1.54) is 4.31 Å². The van der Waals surface area contributed by atoms with Gasteiger partial charge in [-0.2, -0.15) is 4.31 Å². The Morgan fingerprint density at radius 2 is 1.72 bits per heavy atom. The zero-order chi connectivity index (χ0) is 21.3. The summed E-state index contributed by atoms with van der Waals surface area (Å²) < 4.78 is 33.0. The number of carbonyl (C=O) groups excluding carboxylic acids is 1. The first-order valence-corrected chi connectivity index (χ1v) is 11.2. The van der Waals surface area contributed by atoms with Gasteiger partial charge in [-0.25, -0.2) is 8.42 Å². The summed E-state index contributed by atoms with van der Waals surface area (Å²) in [5.41, 5.74) is 1.79. The molecule has 0 spiro atoms. The Bertz CT molecular complexity index is 865. The molecule has 0 aliphatic rings. The van der Waals surface area contributed by atoms with Crippen molar-refractivity contribution in [2.75, 3.05) is 19.7 Å². The van der Waals surface area contributed by atoms with Crippen molar-refractivity contribution in [2.45, 2.75) is 44.7 Å². The molecule has 0 saturated carbocycles. The zero-order valence-electron chi connectivity index (χ0n) is 17.3. The number of amides is 1. The maximum Gasteiger partial charge on any atom is 0.243 e. The maximum atomic E-state index is 13.2. The van der Waals surface area contributed by atoms with Crippen molar-refractivity contribution in [3.8, 4) is 0 Å². The van der Waals surface area contributed by atoms with E-state index >= 15 is 0 Å². The number of nitrogens with zero attached hydrogens (tertiary/aromatic N) is 1. The Hall–Kier alpha value is -2.22. The van der Waals surface area contributed by atoms with E-state index in [0.29, 0.717) is 19.6 Å². The summed E-state index contributed by atoms with van der Waals surface area (Å²) in [7, 11) is -3.81. The second-order valence-electron chi connectivity index (χ2n) is 7.19. The normalized spacial score (nSPS) is 11.8. The summed E-state index contributed by atoms with van der Waals surface area (Å²) in [5, 5.41) is 2.78. The van der Waals surface area contributed by atoms with E-state index in [2.05, 4.69) is 5.32 Å². The largest absolute Gasteiger partial charge is 0.379 e. The van der Waals surface area contributed by atoms with Crippen LogP contribution in [0.15, 0.2) is 59.5 Å². The highest BCUT2D eigenvalue weighted by molar-refractivity contribution is 7.89. The van der Waals surface area contributed by atoms with Gasteiger partial charge in [0, 0.05) is 19.7 Å². The van der Waals surface area contributed by atoms with Gasteiger partial charge in [-0.3, -0.25) is 4.79 Å². The van der Waals surface area contributed by atoms with Gasteiger partial charge in [0.2, 0.25) is 15.9 Å². The van der Waals surface area contributed by atoms with Crippen LogP contribution in [0.5, 0.6) is 0 Å². The van der Waals surface area contributed by atoms with E-state index in [-0.39, 0.29) is 30.0 Å². The maximum absolute atomic E-state index is 13.2. The molecule has 0 bridgehead atoms. The zero-order valence-corrected chi connectivity index (χ0v) is 18.1.